The van der Waals surface area contributed by atoms with E-state index < -0.39 is 6.04 Å². The summed E-state index contributed by atoms with van der Waals surface area (Å²) in [5.74, 6) is -0.784. The first-order valence-corrected chi connectivity index (χ1v) is 8.87. The van der Waals surface area contributed by atoms with E-state index in [1.54, 1.807) is 0 Å². The minimum Gasteiger partial charge on any atom is -0.361 e. The fourth-order valence-electron chi connectivity index (χ4n) is 2.45. The largest absolute Gasteiger partial charge is 0.361 e. The SMILES string of the molecule is CCCCCNC1CC(=O)N(CCC(=O)NCOCCC(C)=O)C1=O. The van der Waals surface area contributed by atoms with Crippen molar-refractivity contribution in [2.45, 2.75) is 58.4 Å². The summed E-state index contributed by atoms with van der Waals surface area (Å²) in [7, 11) is 0. The van der Waals surface area contributed by atoms with Crippen molar-refractivity contribution in [1.29, 1.82) is 0 Å². The van der Waals surface area contributed by atoms with E-state index in [2.05, 4.69) is 17.6 Å². The molecule has 1 fully saturated rings. The summed E-state index contributed by atoms with van der Waals surface area (Å²) >= 11 is 0. The summed E-state index contributed by atoms with van der Waals surface area (Å²) in [6, 6.07) is -0.470. The number of likely N-dealkylation sites (tertiary alicyclic amines) is 1. The molecule has 3 amide bonds. The highest BCUT2D eigenvalue weighted by atomic mass is 16.5. The number of carbonyl (C=O) groups is 4. The zero-order valence-electron chi connectivity index (χ0n) is 15.1. The van der Waals surface area contributed by atoms with Gasteiger partial charge in [-0.3, -0.25) is 24.1 Å². The third kappa shape index (κ3) is 8.22. The van der Waals surface area contributed by atoms with Gasteiger partial charge in [0.1, 0.15) is 12.5 Å². The number of hydrogen-bond donors (Lipinski definition) is 2. The lowest BCUT2D eigenvalue weighted by atomic mass is 10.2. The third-order valence-electron chi connectivity index (χ3n) is 3.95. The lowest BCUT2D eigenvalue weighted by Crippen LogP contribution is -2.40. The Bertz CT molecular complexity index is 481. The number of unbranched alkanes of at least 4 members (excludes halogenated alkanes) is 2. The van der Waals surface area contributed by atoms with Gasteiger partial charge in [0, 0.05) is 19.4 Å². The van der Waals surface area contributed by atoms with Crippen LogP contribution in [0.3, 0.4) is 0 Å². The Morgan fingerprint density at radius 3 is 2.68 bits per heavy atom. The molecule has 1 aliphatic heterocycles. The molecule has 0 saturated carbocycles. The Balaban J connectivity index is 2.22. The topological polar surface area (TPSA) is 105 Å². The van der Waals surface area contributed by atoms with Crippen molar-refractivity contribution >= 4 is 23.5 Å². The molecule has 1 atom stereocenters. The van der Waals surface area contributed by atoms with E-state index in [-0.39, 0.29) is 56.2 Å². The Kier molecular flexibility index (Phi) is 9.94. The minimum absolute atomic E-state index is 0.00954. The smallest absolute Gasteiger partial charge is 0.246 e. The highest BCUT2D eigenvalue weighted by Crippen LogP contribution is 2.13. The van der Waals surface area contributed by atoms with E-state index >= 15 is 0 Å². The van der Waals surface area contributed by atoms with Gasteiger partial charge in [-0.15, -0.1) is 0 Å². The number of amides is 3. The number of hydrogen-bond acceptors (Lipinski definition) is 6. The second-order valence-corrected chi connectivity index (χ2v) is 6.16. The molecule has 142 valence electrons. The van der Waals surface area contributed by atoms with Crippen LogP contribution in [0.1, 0.15) is 52.4 Å². The highest BCUT2D eigenvalue weighted by Gasteiger charge is 2.37. The number of nitrogens with one attached hydrogen (secondary N) is 2. The monoisotopic (exact) mass is 355 g/mol. The van der Waals surface area contributed by atoms with Crippen molar-refractivity contribution in [2.24, 2.45) is 0 Å². The minimum atomic E-state index is -0.470. The van der Waals surface area contributed by atoms with Crippen LogP contribution in [-0.2, 0) is 23.9 Å². The molecule has 0 aromatic heterocycles. The maximum Gasteiger partial charge on any atom is 0.246 e. The number of Topliss-reactive ketones (excluding diaryl/α,β-unsaturated/α-hetero) is 1. The van der Waals surface area contributed by atoms with Gasteiger partial charge in [-0.05, 0) is 19.9 Å². The molecule has 1 saturated heterocycles. The molecule has 8 heteroatoms. The molecule has 1 rings (SSSR count). The van der Waals surface area contributed by atoms with Crippen LogP contribution in [0.15, 0.2) is 0 Å². The van der Waals surface area contributed by atoms with Crippen molar-refractivity contribution in [3.63, 3.8) is 0 Å². The molecule has 0 aromatic rings. The van der Waals surface area contributed by atoms with Gasteiger partial charge in [-0.2, -0.15) is 0 Å². The first-order valence-electron chi connectivity index (χ1n) is 8.87. The van der Waals surface area contributed by atoms with Gasteiger partial charge in [0.15, 0.2) is 0 Å². The second-order valence-electron chi connectivity index (χ2n) is 6.16. The second kappa shape index (κ2) is 11.7. The lowest BCUT2D eigenvalue weighted by Gasteiger charge is -2.15. The van der Waals surface area contributed by atoms with Gasteiger partial charge < -0.3 is 15.4 Å². The van der Waals surface area contributed by atoms with Crippen LogP contribution in [0.4, 0.5) is 0 Å². The van der Waals surface area contributed by atoms with Gasteiger partial charge in [0.2, 0.25) is 17.7 Å². The van der Waals surface area contributed by atoms with Crippen molar-refractivity contribution in [1.82, 2.24) is 15.5 Å². The highest BCUT2D eigenvalue weighted by molar-refractivity contribution is 6.05. The summed E-state index contributed by atoms with van der Waals surface area (Å²) in [4.78, 5) is 47.7. The number of imide groups is 1. The van der Waals surface area contributed by atoms with Gasteiger partial charge in [0.05, 0.1) is 19.1 Å². The first kappa shape index (κ1) is 21.2. The van der Waals surface area contributed by atoms with E-state index in [0.29, 0.717) is 13.0 Å². The first-order chi connectivity index (χ1) is 12.0. The van der Waals surface area contributed by atoms with Crippen molar-refractivity contribution in [2.75, 3.05) is 26.4 Å². The summed E-state index contributed by atoms with van der Waals surface area (Å²) in [5, 5.41) is 5.64. The Labute approximate surface area is 148 Å². The van der Waals surface area contributed by atoms with Crippen LogP contribution in [-0.4, -0.2) is 60.9 Å². The van der Waals surface area contributed by atoms with Gasteiger partial charge in [-0.25, -0.2) is 0 Å². The summed E-state index contributed by atoms with van der Waals surface area (Å²) in [5.41, 5.74) is 0. The number of carbonyl (C=O) groups excluding carboxylic acids is 4. The molecule has 0 bridgehead atoms. The van der Waals surface area contributed by atoms with E-state index in [4.69, 9.17) is 4.74 Å². The number of rotatable bonds is 13. The molecule has 0 aromatic carbocycles. The van der Waals surface area contributed by atoms with Crippen molar-refractivity contribution in [3.05, 3.63) is 0 Å². The predicted molar refractivity (Wildman–Crippen MR) is 91.5 cm³/mol. The van der Waals surface area contributed by atoms with Crippen LogP contribution in [0, 0.1) is 0 Å². The molecular weight excluding hydrogens is 326 g/mol. The molecule has 8 nitrogen and oxygen atoms in total. The normalized spacial score (nSPS) is 17.2. The zero-order chi connectivity index (χ0) is 18.7. The van der Waals surface area contributed by atoms with E-state index in [0.717, 1.165) is 24.2 Å². The number of ether oxygens (including phenoxy) is 1. The molecule has 1 heterocycles. The quantitative estimate of drug-likeness (QED) is 0.281. The average Bonchev–Trinajstić information content (AvgIpc) is 2.83. The number of nitrogens with zero attached hydrogens (tertiary/aromatic N) is 1. The molecule has 1 unspecified atom stereocenters. The van der Waals surface area contributed by atoms with Crippen LogP contribution in [0.5, 0.6) is 0 Å². The van der Waals surface area contributed by atoms with Crippen LogP contribution in [0.25, 0.3) is 0 Å². The van der Waals surface area contributed by atoms with E-state index in [1.165, 1.54) is 6.92 Å². The fourth-order valence-corrected chi connectivity index (χ4v) is 2.45. The molecule has 1 aliphatic rings. The Morgan fingerprint density at radius 1 is 1.24 bits per heavy atom. The summed E-state index contributed by atoms with van der Waals surface area (Å²) in [6.07, 6.45) is 3.65. The third-order valence-corrected chi connectivity index (χ3v) is 3.95. The van der Waals surface area contributed by atoms with Gasteiger partial charge in [0.25, 0.3) is 0 Å². The molecule has 0 radical (unpaired) electrons. The molecule has 25 heavy (non-hydrogen) atoms. The van der Waals surface area contributed by atoms with E-state index in [1.807, 2.05) is 0 Å². The standard InChI is InChI=1S/C17H29N3O5/c1-3-4-5-8-18-14-11-16(23)20(17(14)24)9-6-15(22)19-12-25-10-7-13(2)21/h14,18H,3-12H2,1-2H3,(H,19,22). The Morgan fingerprint density at radius 2 is 2.00 bits per heavy atom. The lowest BCUT2D eigenvalue weighted by molar-refractivity contribution is -0.139. The summed E-state index contributed by atoms with van der Waals surface area (Å²) in [6.45, 7) is 4.62. The van der Waals surface area contributed by atoms with Crippen LogP contribution in [0.2, 0.25) is 0 Å². The van der Waals surface area contributed by atoms with Gasteiger partial charge in [-0.1, -0.05) is 19.8 Å². The van der Waals surface area contributed by atoms with Crippen LogP contribution < -0.4 is 10.6 Å². The maximum absolute atomic E-state index is 12.2. The molecular formula is C17H29N3O5. The zero-order valence-corrected chi connectivity index (χ0v) is 15.1. The number of ketones is 1. The average molecular weight is 355 g/mol. The predicted octanol–water partition coefficient (Wildman–Crippen LogP) is 0.353. The van der Waals surface area contributed by atoms with Crippen LogP contribution >= 0.6 is 0 Å². The molecule has 2 N–H and O–H groups in total. The van der Waals surface area contributed by atoms with Crippen molar-refractivity contribution < 1.29 is 23.9 Å². The fraction of sp³-hybridized carbons (Fsp3) is 0.765. The Hall–Kier alpha value is -1.80. The maximum atomic E-state index is 12.2. The summed E-state index contributed by atoms with van der Waals surface area (Å²) < 4.78 is 5.10. The van der Waals surface area contributed by atoms with E-state index in [9.17, 15) is 19.2 Å². The molecule has 0 aliphatic carbocycles. The van der Waals surface area contributed by atoms with Gasteiger partial charge >= 0.3 is 0 Å². The van der Waals surface area contributed by atoms with Crippen molar-refractivity contribution in [3.8, 4) is 0 Å². The molecule has 0 spiro atoms.